The van der Waals surface area contributed by atoms with Gasteiger partial charge in [-0.25, -0.2) is 0 Å². The molecule has 3 heteroatoms. The van der Waals surface area contributed by atoms with Crippen molar-refractivity contribution in [2.45, 2.75) is 77.6 Å². The van der Waals surface area contributed by atoms with Gasteiger partial charge in [0.2, 0.25) is 0 Å². The standard InChI is InChI=1S/C15H33NO.Na.H/c1-2-3-4-5-6-7-8-9-10-11-14-17-15-12-13-16;;/h2-16H2,1H3;;/q;+1;-1. The van der Waals surface area contributed by atoms with Gasteiger partial charge in [0.1, 0.15) is 0 Å². The van der Waals surface area contributed by atoms with Crippen molar-refractivity contribution in [1.82, 2.24) is 0 Å². The van der Waals surface area contributed by atoms with Crippen LogP contribution in [0.15, 0.2) is 0 Å². The minimum atomic E-state index is 0. The molecule has 0 rings (SSSR count). The van der Waals surface area contributed by atoms with Crippen molar-refractivity contribution < 1.29 is 35.7 Å². The fraction of sp³-hybridized carbons (Fsp3) is 1.00. The van der Waals surface area contributed by atoms with E-state index in [1.807, 2.05) is 0 Å². The number of unbranched alkanes of at least 4 members (excludes halogenated alkanes) is 9. The summed E-state index contributed by atoms with van der Waals surface area (Å²) in [4.78, 5) is 0. The Kier molecular flexibility index (Phi) is 23.9. The van der Waals surface area contributed by atoms with E-state index in [4.69, 9.17) is 10.5 Å². The number of hydrogen-bond acceptors (Lipinski definition) is 2. The van der Waals surface area contributed by atoms with E-state index < -0.39 is 0 Å². The first-order valence-corrected chi connectivity index (χ1v) is 7.69. The van der Waals surface area contributed by atoms with E-state index in [0.717, 1.165) is 26.2 Å². The summed E-state index contributed by atoms with van der Waals surface area (Å²) < 4.78 is 5.47. The van der Waals surface area contributed by atoms with Gasteiger partial charge in [0.25, 0.3) is 0 Å². The first-order chi connectivity index (χ1) is 8.41. The minimum absolute atomic E-state index is 0. The quantitative estimate of drug-likeness (QED) is 0.381. The molecule has 0 atom stereocenters. The van der Waals surface area contributed by atoms with E-state index in [0.29, 0.717) is 0 Å². The number of nitrogens with two attached hydrogens (primary N) is 1. The Balaban J connectivity index is -0.00000128. The van der Waals surface area contributed by atoms with Crippen LogP contribution in [0.4, 0.5) is 0 Å². The van der Waals surface area contributed by atoms with Crippen LogP contribution < -0.4 is 35.3 Å². The molecule has 0 aromatic heterocycles. The average molecular weight is 267 g/mol. The van der Waals surface area contributed by atoms with Crippen molar-refractivity contribution in [1.29, 1.82) is 0 Å². The van der Waals surface area contributed by atoms with Crippen molar-refractivity contribution >= 4 is 0 Å². The molecule has 0 amide bonds. The fourth-order valence-electron chi connectivity index (χ4n) is 1.98. The molecule has 0 unspecified atom stereocenters. The number of hydrogen-bond donors (Lipinski definition) is 1. The predicted octanol–water partition coefficient (Wildman–Crippen LogP) is 1.39. The molecule has 0 heterocycles. The van der Waals surface area contributed by atoms with Crippen LogP contribution in [0.3, 0.4) is 0 Å². The molecule has 0 spiro atoms. The van der Waals surface area contributed by atoms with Crippen LogP contribution >= 0.6 is 0 Å². The topological polar surface area (TPSA) is 35.2 Å². The van der Waals surface area contributed by atoms with Gasteiger partial charge in [-0.15, -0.1) is 0 Å². The van der Waals surface area contributed by atoms with Gasteiger partial charge >= 0.3 is 29.6 Å². The first-order valence-electron chi connectivity index (χ1n) is 7.69. The molecule has 0 saturated carbocycles. The van der Waals surface area contributed by atoms with Crippen molar-refractivity contribution in [3.05, 3.63) is 0 Å². The Bertz CT molecular complexity index is 125. The molecule has 0 saturated heterocycles. The van der Waals surface area contributed by atoms with Crippen molar-refractivity contribution in [2.75, 3.05) is 19.8 Å². The van der Waals surface area contributed by atoms with E-state index in [1.165, 1.54) is 64.2 Å². The van der Waals surface area contributed by atoms with Gasteiger partial charge < -0.3 is 11.9 Å². The summed E-state index contributed by atoms with van der Waals surface area (Å²) in [7, 11) is 0. The van der Waals surface area contributed by atoms with Gasteiger partial charge in [0.15, 0.2) is 0 Å². The second-order valence-corrected chi connectivity index (χ2v) is 4.94. The normalized spacial score (nSPS) is 10.3. The maximum atomic E-state index is 5.47. The molecule has 2 nitrogen and oxygen atoms in total. The van der Waals surface area contributed by atoms with Crippen LogP contribution in [0.2, 0.25) is 0 Å². The Labute approximate surface area is 138 Å². The second-order valence-electron chi connectivity index (χ2n) is 4.94. The molecule has 0 aromatic rings. The van der Waals surface area contributed by atoms with E-state index >= 15 is 0 Å². The summed E-state index contributed by atoms with van der Waals surface area (Å²) >= 11 is 0. The first kappa shape index (κ1) is 21.2. The maximum Gasteiger partial charge on any atom is 1.00 e. The summed E-state index contributed by atoms with van der Waals surface area (Å²) in [6.45, 7) is 4.79. The molecule has 0 radical (unpaired) electrons. The molecule has 0 aliphatic rings. The molecule has 18 heavy (non-hydrogen) atoms. The van der Waals surface area contributed by atoms with E-state index in [2.05, 4.69) is 6.92 Å². The zero-order valence-corrected chi connectivity index (χ0v) is 14.9. The van der Waals surface area contributed by atoms with Crippen LogP contribution in [-0.2, 0) is 4.74 Å². The largest absolute Gasteiger partial charge is 1.00 e. The summed E-state index contributed by atoms with van der Waals surface area (Å²) in [5.74, 6) is 0. The van der Waals surface area contributed by atoms with Gasteiger partial charge in [-0.1, -0.05) is 64.7 Å². The fourth-order valence-corrected chi connectivity index (χ4v) is 1.98. The summed E-state index contributed by atoms with van der Waals surface area (Å²) in [6, 6.07) is 0. The van der Waals surface area contributed by atoms with E-state index in [9.17, 15) is 0 Å². The SMILES string of the molecule is CCCCCCCCCCCCOCCCN.[H-].[Na+]. The maximum absolute atomic E-state index is 5.47. The minimum Gasteiger partial charge on any atom is -1.00 e. The average Bonchev–Trinajstić information content (AvgIpc) is 2.35. The molecular weight excluding hydrogens is 233 g/mol. The van der Waals surface area contributed by atoms with Crippen LogP contribution in [0.1, 0.15) is 79.0 Å². The van der Waals surface area contributed by atoms with E-state index in [1.54, 1.807) is 0 Å². The van der Waals surface area contributed by atoms with Gasteiger partial charge in [0.05, 0.1) is 0 Å². The number of rotatable bonds is 14. The third-order valence-corrected chi connectivity index (χ3v) is 3.14. The van der Waals surface area contributed by atoms with Crippen LogP contribution in [0.25, 0.3) is 0 Å². The molecule has 2 N–H and O–H groups in total. The van der Waals surface area contributed by atoms with Gasteiger partial charge in [0, 0.05) is 13.2 Å². The summed E-state index contributed by atoms with van der Waals surface area (Å²) in [5.41, 5.74) is 5.39. The molecular formula is C15H34NNaO. The van der Waals surface area contributed by atoms with Crippen LogP contribution in [0.5, 0.6) is 0 Å². The summed E-state index contributed by atoms with van der Waals surface area (Å²) in [5, 5.41) is 0. The second kappa shape index (κ2) is 20.2. The van der Waals surface area contributed by atoms with Crippen molar-refractivity contribution in [2.24, 2.45) is 5.73 Å². The Hall–Kier alpha value is 0.920. The molecule has 0 bridgehead atoms. The third kappa shape index (κ3) is 19.3. The zero-order chi connectivity index (χ0) is 12.6. The molecule has 0 aromatic carbocycles. The third-order valence-electron chi connectivity index (χ3n) is 3.14. The Morgan fingerprint density at radius 2 is 1.17 bits per heavy atom. The van der Waals surface area contributed by atoms with Crippen molar-refractivity contribution in [3.8, 4) is 0 Å². The van der Waals surface area contributed by atoms with Crippen molar-refractivity contribution in [3.63, 3.8) is 0 Å². The molecule has 0 fully saturated rings. The smallest absolute Gasteiger partial charge is 1.00 e. The monoisotopic (exact) mass is 267 g/mol. The van der Waals surface area contributed by atoms with Gasteiger partial charge in [-0.2, -0.15) is 0 Å². The van der Waals surface area contributed by atoms with Crippen LogP contribution in [-0.4, -0.2) is 19.8 Å². The predicted molar refractivity (Wildman–Crippen MR) is 77.4 cm³/mol. The van der Waals surface area contributed by atoms with Gasteiger partial charge in [-0.05, 0) is 19.4 Å². The Morgan fingerprint density at radius 1 is 0.722 bits per heavy atom. The summed E-state index contributed by atoms with van der Waals surface area (Å²) in [6.07, 6.45) is 14.9. The zero-order valence-electron chi connectivity index (χ0n) is 13.9. The van der Waals surface area contributed by atoms with E-state index in [-0.39, 0.29) is 31.0 Å². The number of ether oxygens (including phenoxy) is 1. The van der Waals surface area contributed by atoms with Crippen LogP contribution in [0, 0.1) is 0 Å². The molecule has 0 aliphatic carbocycles. The molecule has 0 aliphatic heterocycles. The molecule has 106 valence electrons. The van der Waals surface area contributed by atoms with Gasteiger partial charge in [-0.3, -0.25) is 0 Å². The Morgan fingerprint density at radius 3 is 1.67 bits per heavy atom.